The Morgan fingerprint density at radius 3 is 2.08 bits per heavy atom. The van der Waals surface area contributed by atoms with Crippen LogP contribution in [0.4, 0.5) is 0 Å². The van der Waals surface area contributed by atoms with Crippen molar-refractivity contribution in [1.82, 2.24) is 10.3 Å². The summed E-state index contributed by atoms with van der Waals surface area (Å²) in [4.78, 5) is 13.5. The third-order valence-corrected chi connectivity index (χ3v) is 2.25. The van der Waals surface area contributed by atoms with Gasteiger partial charge in [0.05, 0.1) is 6.04 Å². The first-order valence-corrected chi connectivity index (χ1v) is 4.82. The number of rotatable bonds is 5. The molecule has 4 nitrogen and oxygen atoms in total. The molecule has 0 aromatic heterocycles. The van der Waals surface area contributed by atoms with Crippen molar-refractivity contribution in [1.29, 1.82) is 0 Å². The van der Waals surface area contributed by atoms with Crippen LogP contribution >= 0.6 is 0 Å². The van der Waals surface area contributed by atoms with E-state index in [1.807, 2.05) is 27.7 Å². The first-order chi connectivity index (χ1) is 6.08. The number of nitrogens with one attached hydrogen (secondary N) is 1. The summed E-state index contributed by atoms with van der Waals surface area (Å²) in [7, 11) is 0. The molecule has 0 aromatic rings. The van der Waals surface area contributed by atoms with Crippen LogP contribution in [-0.4, -0.2) is 29.9 Å². The van der Waals surface area contributed by atoms with Crippen LogP contribution in [0.1, 0.15) is 27.7 Å². The van der Waals surface area contributed by atoms with E-state index in [1.165, 1.54) is 0 Å². The quantitative estimate of drug-likeness (QED) is 0.371. The summed E-state index contributed by atoms with van der Waals surface area (Å²) in [5.41, 5.74) is 2.21. The molecule has 0 bridgehead atoms. The molecule has 0 aromatic carbocycles. The van der Waals surface area contributed by atoms with E-state index in [0.29, 0.717) is 0 Å². The second-order valence-corrected chi connectivity index (χ2v) is 3.42. The lowest BCUT2D eigenvalue weighted by Gasteiger charge is -2.30. The van der Waals surface area contributed by atoms with E-state index in [9.17, 15) is 4.79 Å². The van der Waals surface area contributed by atoms with Gasteiger partial charge < -0.3 is 0 Å². The van der Waals surface area contributed by atoms with Crippen molar-refractivity contribution in [2.75, 3.05) is 13.1 Å². The molecule has 0 heterocycles. The zero-order valence-corrected chi connectivity index (χ0v) is 9.00. The van der Waals surface area contributed by atoms with Crippen LogP contribution in [0.3, 0.4) is 0 Å². The first kappa shape index (κ1) is 12.4. The number of carbonyl (C=O) groups is 1. The minimum Gasteiger partial charge on any atom is -0.293 e. The van der Waals surface area contributed by atoms with Crippen molar-refractivity contribution in [2.24, 2.45) is 11.8 Å². The highest BCUT2D eigenvalue weighted by Crippen LogP contribution is 2.10. The highest BCUT2D eigenvalue weighted by molar-refractivity contribution is 5.81. The van der Waals surface area contributed by atoms with E-state index in [0.717, 1.165) is 13.1 Å². The van der Waals surface area contributed by atoms with Gasteiger partial charge in [-0.3, -0.25) is 15.1 Å². The smallest absolute Gasteiger partial charge is 0.251 e. The maximum atomic E-state index is 11.4. The fourth-order valence-electron chi connectivity index (χ4n) is 1.59. The van der Waals surface area contributed by atoms with Crippen LogP contribution in [0.5, 0.6) is 0 Å². The van der Waals surface area contributed by atoms with Crippen molar-refractivity contribution in [2.45, 2.75) is 33.7 Å². The van der Waals surface area contributed by atoms with Gasteiger partial charge in [-0.2, -0.15) is 0 Å². The lowest BCUT2D eigenvalue weighted by atomic mass is 10.0. The van der Waals surface area contributed by atoms with Crippen LogP contribution in [0.2, 0.25) is 0 Å². The third-order valence-electron chi connectivity index (χ3n) is 2.25. The Hall–Kier alpha value is -0.610. The first-order valence-electron chi connectivity index (χ1n) is 4.82. The maximum Gasteiger partial charge on any atom is 0.251 e. The van der Waals surface area contributed by atoms with Crippen molar-refractivity contribution < 1.29 is 4.79 Å². The molecule has 1 amide bonds. The van der Waals surface area contributed by atoms with E-state index < -0.39 is 0 Å². The molecular weight excluding hydrogens is 166 g/mol. The number of nitrogens with zero attached hydrogens (tertiary/aromatic N) is 1. The molecule has 0 spiro atoms. The second-order valence-electron chi connectivity index (χ2n) is 3.42. The number of hydrazine groups is 1. The summed E-state index contributed by atoms with van der Waals surface area (Å²) < 4.78 is 0. The van der Waals surface area contributed by atoms with Crippen molar-refractivity contribution in [3.05, 3.63) is 0 Å². The van der Waals surface area contributed by atoms with Gasteiger partial charge in [-0.1, -0.05) is 27.7 Å². The molecule has 3 N–H and O–H groups in total. The molecule has 0 aliphatic carbocycles. The molecule has 0 aliphatic rings. The minimum atomic E-state index is -0.111. The monoisotopic (exact) mass is 187 g/mol. The molecule has 0 aliphatic heterocycles. The van der Waals surface area contributed by atoms with Crippen LogP contribution in [-0.2, 0) is 4.79 Å². The third kappa shape index (κ3) is 3.32. The van der Waals surface area contributed by atoms with Crippen molar-refractivity contribution >= 4 is 5.91 Å². The van der Waals surface area contributed by atoms with Gasteiger partial charge >= 0.3 is 0 Å². The zero-order valence-electron chi connectivity index (χ0n) is 9.00. The Labute approximate surface area is 80.4 Å². The Bertz CT molecular complexity index is 155. The number of nitrogens with two attached hydrogens (primary N) is 1. The largest absolute Gasteiger partial charge is 0.293 e. The average molecular weight is 187 g/mol. The summed E-state index contributed by atoms with van der Waals surface area (Å²) in [6.45, 7) is 9.88. The predicted octanol–water partition coefficient (Wildman–Crippen LogP) is 0.343. The van der Waals surface area contributed by atoms with Crippen LogP contribution in [0, 0.1) is 5.92 Å². The fraction of sp³-hybridized carbons (Fsp3) is 0.889. The number of hydrogen-bond donors (Lipinski definition) is 2. The van der Waals surface area contributed by atoms with Gasteiger partial charge in [-0.25, -0.2) is 5.84 Å². The summed E-state index contributed by atoms with van der Waals surface area (Å²) in [5.74, 6) is 5.31. The number of carbonyl (C=O) groups excluding carboxylic acids is 1. The molecule has 0 radical (unpaired) electrons. The Morgan fingerprint density at radius 2 is 1.85 bits per heavy atom. The molecule has 4 heteroatoms. The van der Waals surface area contributed by atoms with E-state index in [-0.39, 0.29) is 17.9 Å². The molecular formula is C9H21N3O. The van der Waals surface area contributed by atoms with Gasteiger partial charge in [0.2, 0.25) is 0 Å². The van der Waals surface area contributed by atoms with Gasteiger partial charge in [0.1, 0.15) is 0 Å². The van der Waals surface area contributed by atoms with Gasteiger partial charge in [-0.15, -0.1) is 0 Å². The molecule has 0 saturated heterocycles. The van der Waals surface area contributed by atoms with Crippen molar-refractivity contribution in [3.63, 3.8) is 0 Å². The lowest BCUT2D eigenvalue weighted by molar-refractivity contribution is -0.128. The Balaban J connectivity index is 4.47. The van der Waals surface area contributed by atoms with Crippen molar-refractivity contribution in [3.8, 4) is 0 Å². The van der Waals surface area contributed by atoms with E-state index >= 15 is 0 Å². The summed E-state index contributed by atoms with van der Waals surface area (Å²) >= 11 is 0. The predicted molar refractivity (Wildman–Crippen MR) is 53.9 cm³/mol. The summed E-state index contributed by atoms with van der Waals surface area (Å²) in [5, 5.41) is 0. The van der Waals surface area contributed by atoms with E-state index in [2.05, 4.69) is 10.3 Å². The zero-order chi connectivity index (χ0) is 10.4. The summed E-state index contributed by atoms with van der Waals surface area (Å²) in [6.07, 6.45) is 0. The highest BCUT2D eigenvalue weighted by atomic mass is 16.2. The molecule has 0 rings (SSSR count). The SMILES string of the molecule is CCN(CC)[C@H](C(=O)NN)C(C)C. The average Bonchev–Trinajstić information content (AvgIpc) is 2.12. The van der Waals surface area contributed by atoms with Crippen LogP contribution in [0.15, 0.2) is 0 Å². The molecule has 13 heavy (non-hydrogen) atoms. The van der Waals surface area contributed by atoms with E-state index in [1.54, 1.807) is 0 Å². The molecule has 0 unspecified atom stereocenters. The molecule has 0 saturated carbocycles. The molecule has 1 atom stereocenters. The van der Waals surface area contributed by atoms with E-state index in [4.69, 9.17) is 5.84 Å². The molecule has 78 valence electrons. The topological polar surface area (TPSA) is 58.4 Å². The van der Waals surface area contributed by atoms with Gasteiger partial charge in [0.25, 0.3) is 5.91 Å². The Morgan fingerprint density at radius 1 is 1.38 bits per heavy atom. The van der Waals surface area contributed by atoms with Gasteiger partial charge in [0, 0.05) is 0 Å². The standard InChI is InChI=1S/C9H21N3O/c1-5-12(6-2)8(7(3)4)9(13)11-10/h7-8H,5-6,10H2,1-4H3,(H,11,13)/t8-/m0/s1. The number of amides is 1. The number of likely N-dealkylation sites (N-methyl/N-ethyl adjacent to an activating group) is 1. The normalized spacial score (nSPS) is 13.5. The minimum absolute atomic E-state index is 0.0984. The lowest BCUT2D eigenvalue weighted by Crippen LogP contribution is -2.51. The summed E-state index contributed by atoms with van der Waals surface area (Å²) in [6, 6.07) is -0.111. The Kier molecular flexibility index (Phi) is 5.66. The number of hydrogen-bond acceptors (Lipinski definition) is 3. The van der Waals surface area contributed by atoms with Gasteiger partial charge in [-0.05, 0) is 19.0 Å². The molecule has 0 fully saturated rings. The van der Waals surface area contributed by atoms with Gasteiger partial charge in [0.15, 0.2) is 0 Å². The van der Waals surface area contributed by atoms with Crippen LogP contribution in [0.25, 0.3) is 0 Å². The maximum absolute atomic E-state index is 11.4. The highest BCUT2D eigenvalue weighted by Gasteiger charge is 2.26. The van der Waals surface area contributed by atoms with Crippen LogP contribution < -0.4 is 11.3 Å². The second kappa shape index (κ2) is 5.94. The fourth-order valence-corrected chi connectivity index (χ4v) is 1.59.